The van der Waals surface area contributed by atoms with E-state index in [1.807, 2.05) is 6.07 Å². The Morgan fingerprint density at radius 2 is 1.63 bits per heavy atom. The van der Waals surface area contributed by atoms with Crippen LogP contribution in [0.5, 0.6) is 0 Å². The van der Waals surface area contributed by atoms with E-state index >= 15 is 0 Å². The second-order valence-corrected chi connectivity index (χ2v) is 10.7. The standard InChI is InChI=1S/C22H26BrN3O3S/c1-17-5-4-6-18(15-17)24-11-13-25(14-12-24)22(27)20-16-19(7-8-21(20)23)30(28,29)26-9-2-3-10-26/h4-8,15-16H,2-3,9-14H2,1H3. The minimum Gasteiger partial charge on any atom is -0.368 e. The van der Waals surface area contributed by atoms with Gasteiger partial charge in [-0.1, -0.05) is 12.1 Å². The lowest BCUT2D eigenvalue weighted by Gasteiger charge is -2.36. The number of anilines is 1. The molecule has 0 unspecified atom stereocenters. The zero-order valence-corrected chi connectivity index (χ0v) is 19.5. The van der Waals surface area contributed by atoms with Crippen molar-refractivity contribution in [1.82, 2.24) is 9.21 Å². The molecule has 2 fully saturated rings. The van der Waals surface area contributed by atoms with Crippen LogP contribution in [0.1, 0.15) is 28.8 Å². The summed E-state index contributed by atoms with van der Waals surface area (Å²) in [6, 6.07) is 13.1. The van der Waals surface area contributed by atoms with Crippen molar-refractivity contribution in [1.29, 1.82) is 0 Å². The summed E-state index contributed by atoms with van der Waals surface area (Å²) < 4.78 is 27.9. The Balaban J connectivity index is 1.50. The highest BCUT2D eigenvalue weighted by Crippen LogP contribution is 2.27. The van der Waals surface area contributed by atoms with Gasteiger partial charge >= 0.3 is 0 Å². The molecule has 160 valence electrons. The van der Waals surface area contributed by atoms with E-state index in [0.717, 1.165) is 25.9 Å². The fourth-order valence-electron chi connectivity index (χ4n) is 4.07. The molecule has 2 aromatic rings. The minimum absolute atomic E-state index is 0.135. The molecule has 0 atom stereocenters. The van der Waals surface area contributed by atoms with Crippen LogP contribution in [0.25, 0.3) is 0 Å². The number of sulfonamides is 1. The Morgan fingerprint density at radius 3 is 2.30 bits per heavy atom. The van der Waals surface area contributed by atoms with Crippen LogP contribution in [0.2, 0.25) is 0 Å². The molecule has 2 aliphatic rings. The normalized spacial score (nSPS) is 18.1. The number of piperazine rings is 1. The first-order valence-electron chi connectivity index (χ1n) is 10.3. The van der Waals surface area contributed by atoms with E-state index in [4.69, 9.17) is 0 Å². The van der Waals surface area contributed by atoms with Gasteiger partial charge in [0.25, 0.3) is 5.91 Å². The fraction of sp³-hybridized carbons (Fsp3) is 0.409. The zero-order chi connectivity index (χ0) is 21.3. The molecule has 0 N–H and O–H groups in total. The molecule has 0 aromatic heterocycles. The Kier molecular flexibility index (Phi) is 6.18. The van der Waals surface area contributed by atoms with Crippen molar-refractivity contribution >= 4 is 37.5 Å². The van der Waals surface area contributed by atoms with Gasteiger partial charge in [-0.3, -0.25) is 4.79 Å². The largest absolute Gasteiger partial charge is 0.368 e. The Hall–Kier alpha value is -1.90. The monoisotopic (exact) mass is 491 g/mol. The van der Waals surface area contributed by atoms with Crippen LogP contribution in [-0.2, 0) is 10.0 Å². The maximum absolute atomic E-state index is 13.2. The molecule has 6 nitrogen and oxygen atoms in total. The van der Waals surface area contributed by atoms with E-state index in [0.29, 0.717) is 36.2 Å². The van der Waals surface area contributed by atoms with Gasteiger partial charge in [0.05, 0.1) is 10.5 Å². The number of carbonyl (C=O) groups excluding carboxylic acids is 1. The third-order valence-corrected chi connectivity index (χ3v) is 8.39. The van der Waals surface area contributed by atoms with Crippen LogP contribution in [0, 0.1) is 6.92 Å². The molecular formula is C22H26BrN3O3S. The summed E-state index contributed by atoms with van der Waals surface area (Å²) in [5, 5.41) is 0. The van der Waals surface area contributed by atoms with Crippen molar-refractivity contribution in [3.05, 3.63) is 58.1 Å². The summed E-state index contributed by atoms with van der Waals surface area (Å²) in [5.41, 5.74) is 2.78. The van der Waals surface area contributed by atoms with E-state index in [9.17, 15) is 13.2 Å². The lowest BCUT2D eigenvalue weighted by Crippen LogP contribution is -2.48. The SMILES string of the molecule is Cc1cccc(N2CCN(C(=O)c3cc(S(=O)(=O)N4CCCC4)ccc3Br)CC2)c1. The van der Waals surface area contributed by atoms with Crippen molar-refractivity contribution in [3.63, 3.8) is 0 Å². The summed E-state index contributed by atoms with van der Waals surface area (Å²) >= 11 is 3.44. The molecule has 8 heteroatoms. The van der Waals surface area contributed by atoms with Crippen LogP contribution in [0.3, 0.4) is 0 Å². The third-order valence-electron chi connectivity index (χ3n) is 5.80. The average molecular weight is 492 g/mol. The van der Waals surface area contributed by atoms with Crippen LogP contribution >= 0.6 is 15.9 Å². The number of hydrogen-bond acceptors (Lipinski definition) is 4. The maximum Gasteiger partial charge on any atom is 0.255 e. The highest BCUT2D eigenvalue weighted by atomic mass is 79.9. The van der Waals surface area contributed by atoms with Gasteiger partial charge in [0, 0.05) is 49.4 Å². The van der Waals surface area contributed by atoms with Crippen molar-refractivity contribution in [2.45, 2.75) is 24.7 Å². The number of aryl methyl sites for hydroxylation is 1. The molecule has 0 aliphatic carbocycles. The van der Waals surface area contributed by atoms with Gasteiger partial charge in [0.2, 0.25) is 10.0 Å². The van der Waals surface area contributed by atoms with Crippen LogP contribution in [0.4, 0.5) is 5.69 Å². The minimum atomic E-state index is -3.56. The Morgan fingerprint density at radius 1 is 0.933 bits per heavy atom. The zero-order valence-electron chi connectivity index (χ0n) is 17.1. The van der Waals surface area contributed by atoms with Crippen LogP contribution in [-0.4, -0.2) is 62.8 Å². The highest BCUT2D eigenvalue weighted by molar-refractivity contribution is 9.10. The molecule has 0 spiro atoms. The van der Waals surface area contributed by atoms with E-state index in [1.54, 1.807) is 17.0 Å². The fourth-order valence-corrected chi connectivity index (χ4v) is 6.03. The number of carbonyl (C=O) groups is 1. The number of halogens is 1. The van der Waals surface area contributed by atoms with E-state index in [2.05, 4.69) is 46.0 Å². The molecule has 30 heavy (non-hydrogen) atoms. The molecule has 1 amide bonds. The summed E-state index contributed by atoms with van der Waals surface area (Å²) in [6.45, 7) is 5.86. The molecule has 0 saturated carbocycles. The van der Waals surface area contributed by atoms with Crippen LogP contribution < -0.4 is 4.90 Å². The molecule has 0 bridgehead atoms. The summed E-state index contributed by atoms with van der Waals surface area (Å²) in [5.74, 6) is -0.135. The first kappa shape index (κ1) is 21.3. The van der Waals surface area contributed by atoms with E-state index in [1.165, 1.54) is 21.6 Å². The van der Waals surface area contributed by atoms with Crippen molar-refractivity contribution < 1.29 is 13.2 Å². The number of hydrogen-bond donors (Lipinski definition) is 0. The van der Waals surface area contributed by atoms with E-state index < -0.39 is 10.0 Å². The first-order chi connectivity index (χ1) is 14.4. The smallest absolute Gasteiger partial charge is 0.255 e. The average Bonchev–Trinajstić information content (AvgIpc) is 3.29. The Labute approximate surface area is 186 Å². The molecule has 4 rings (SSSR count). The van der Waals surface area contributed by atoms with Gasteiger partial charge in [-0.15, -0.1) is 0 Å². The third kappa shape index (κ3) is 4.26. The van der Waals surface area contributed by atoms with Gasteiger partial charge < -0.3 is 9.80 Å². The van der Waals surface area contributed by atoms with Gasteiger partial charge in [0.1, 0.15) is 0 Å². The van der Waals surface area contributed by atoms with Crippen LogP contribution in [0.15, 0.2) is 51.8 Å². The van der Waals surface area contributed by atoms with E-state index in [-0.39, 0.29) is 10.8 Å². The van der Waals surface area contributed by atoms with Gasteiger partial charge in [-0.25, -0.2) is 8.42 Å². The summed E-state index contributed by atoms with van der Waals surface area (Å²) in [7, 11) is -3.56. The first-order valence-corrected chi connectivity index (χ1v) is 12.5. The molecule has 2 saturated heterocycles. The number of nitrogens with zero attached hydrogens (tertiary/aromatic N) is 3. The molecular weight excluding hydrogens is 466 g/mol. The molecule has 2 aromatic carbocycles. The Bertz CT molecular complexity index is 1040. The van der Waals surface area contributed by atoms with Crippen molar-refractivity contribution in [2.75, 3.05) is 44.2 Å². The maximum atomic E-state index is 13.2. The number of rotatable bonds is 4. The summed E-state index contributed by atoms with van der Waals surface area (Å²) in [4.78, 5) is 17.5. The van der Waals surface area contributed by atoms with Crippen molar-refractivity contribution in [2.24, 2.45) is 0 Å². The predicted octanol–water partition coefficient (Wildman–Crippen LogP) is 3.50. The molecule has 2 heterocycles. The topological polar surface area (TPSA) is 60.9 Å². The van der Waals surface area contributed by atoms with Gasteiger partial charge in [-0.2, -0.15) is 4.31 Å². The van der Waals surface area contributed by atoms with Gasteiger partial charge in [0.15, 0.2) is 0 Å². The second kappa shape index (κ2) is 8.69. The molecule has 2 aliphatic heterocycles. The highest BCUT2D eigenvalue weighted by Gasteiger charge is 2.30. The number of benzene rings is 2. The lowest BCUT2D eigenvalue weighted by atomic mass is 10.1. The second-order valence-electron chi connectivity index (χ2n) is 7.87. The quantitative estimate of drug-likeness (QED) is 0.656. The van der Waals surface area contributed by atoms with Gasteiger partial charge in [-0.05, 0) is 71.6 Å². The predicted molar refractivity (Wildman–Crippen MR) is 121 cm³/mol. The number of amides is 1. The lowest BCUT2D eigenvalue weighted by molar-refractivity contribution is 0.0745. The van der Waals surface area contributed by atoms with Crippen molar-refractivity contribution in [3.8, 4) is 0 Å². The molecule has 0 radical (unpaired) electrons. The summed E-state index contributed by atoms with van der Waals surface area (Å²) in [6.07, 6.45) is 1.76.